The van der Waals surface area contributed by atoms with Gasteiger partial charge >= 0.3 is 5.97 Å². The van der Waals surface area contributed by atoms with Gasteiger partial charge in [0.25, 0.3) is 0 Å². The van der Waals surface area contributed by atoms with Crippen LogP contribution in [0.25, 0.3) is 0 Å². The van der Waals surface area contributed by atoms with E-state index < -0.39 is 5.54 Å². The zero-order valence-corrected chi connectivity index (χ0v) is 10.5. The molecule has 16 heavy (non-hydrogen) atoms. The second kappa shape index (κ2) is 5.32. The number of esters is 1. The topological polar surface area (TPSA) is 38.3 Å². The third kappa shape index (κ3) is 2.20. The second-order valence-corrected chi connectivity index (χ2v) is 3.94. The van der Waals surface area contributed by atoms with Crippen molar-refractivity contribution in [1.82, 2.24) is 5.32 Å². The molecule has 0 amide bonds. The van der Waals surface area contributed by atoms with Crippen molar-refractivity contribution in [2.75, 3.05) is 14.2 Å². The Hall–Kier alpha value is -1.06. The molecule has 1 aromatic rings. The lowest BCUT2D eigenvalue weighted by molar-refractivity contribution is -0.149. The van der Waals surface area contributed by atoms with Crippen molar-refractivity contribution in [1.29, 1.82) is 0 Å². The van der Waals surface area contributed by atoms with Gasteiger partial charge in [0.15, 0.2) is 0 Å². The summed E-state index contributed by atoms with van der Waals surface area (Å²) >= 11 is 5.82. The van der Waals surface area contributed by atoms with Crippen LogP contribution >= 0.6 is 11.6 Å². The van der Waals surface area contributed by atoms with E-state index in [0.29, 0.717) is 11.4 Å². The van der Waals surface area contributed by atoms with Crippen molar-refractivity contribution >= 4 is 17.6 Å². The minimum Gasteiger partial charge on any atom is -0.467 e. The highest BCUT2D eigenvalue weighted by atomic mass is 35.5. The van der Waals surface area contributed by atoms with Crippen molar-refractivity contribution in [3.05, 3.63) is 34.9 Å². The molecule has 0 saturated carbocycles. The Morgan fingerprint density at radius 1 is 1.44 bits per heavy atom. The van der Waals surface area contributed by atoms with Crippen LogP contribution in [0, 0.1) is 0 Å². The molecule has 1 rings (SSSR count). The smallest absolute Gasteiger partial charge is 0.330 e. The summed E-state index contributed by atoms with van der Waals surface area (Å²) in [6.07, 6.45) is 0.609. The van der Waals surface area contributed by atoms with Crippen LogP contribution in [0.2, 0.25) is 5.02 Å². The molecule has 0 heterocycles. The number of hydrogen-bond acceptors (Lipinski definition) is 3. The highest BCUT2D eigenvalue weighted by Crippen LogP contribution is 2.27. The number of carbonyl (C=O) groups excluding carboxylic acids is 1. The maximum Gasteiger partial charge on any atom is 0.330 e. The van der Waals surface area contributed by atoms with Crippen LogP contribution in [-0.2, 0) is 15.1 Å². The van der Waals surface area contributed by atoms with E-state index in [4.69, 9.17) is 16.3 Å². The monoisotopic (exact) mass is 241 g/mol. The first-order valence-corrected chi connectivity index (χ1v) is 5.52. The van der Waals surface area contributed by atoms with E-state index in [1.165, 1.54) is 7.11 Å². The van der Waals surface area contributed by atoms with E-state index in [1.54, 1.807) is 19.2 Å². The fourth-order valence-corrected chi connectivity index (χ4v) is 1.92. The Balaban J connectivity index is 3.20. The highest BCUT2D eigenvalue weighted by Gasteiger charge is 2.37. The number of likely N-dealkylation sites (N-methyl/N-ethyl adjacent to an activating group) is 1. The van der Waals surface area contributed by atoms with E-state index >= 15 is 0 Å². The maximum atomic E-state index is 11.9. The van der Waals surface area contributed by atoms with Gasteiger partial charge in [-0.1, -0.05) is 30.7 Å². The second-order valence-electron chi connectivity index (χ2n) is 3.51. The molecule has 1 unspecified atom stereocenters. The van der Waals surface area contributed by atoms with Gasteiger partial charge in [-0.15, -0.1) is 0 Å². The van der Waals surface area contributed by atoms with Crippen molar-refractivity contribution in [2.24, 2.45) is 0 Å². The zero-order chi connectivity index (χ0) is 12.2. The minimum atomic E-state index is -0.792. The van der Waals surface area contributed by atoms with E-state index in [2.05, 4.69) is 5.32 Å². The van der Waals surface area contributed by atoms with Crippen LogP contribution in [0.3, 0.4) is 0 Å². The first-order chi connectivity index (χ1) is 7.60. The molecule has 1 N–H and O–H groups in total. The lowest BCUT2D eigenvalue weighted by Gasteiger charge is -2.29. The Morgan fingerprint density at radius 2 is 2.00 bits per heavy atom. The summed E-state index contributed by atoms with van der Waals surface area (Å²) in [5.41, 5.74) is 0.0630. The van der Waals surface area contributed by atoms with E-state index in [0.717, 1.165) is 5.56 Å². The number of hydrogen-bond donors (Lipinski definition) is 1. The summed E-state index contributed by atoms with van der Waals surface area (Å²) in [6.45, 7) is 1.93. The molecule has 0 radical (unpaired) electrons. The molecule has 0 bridgehead atoms. The summed E-state index contributed by atoms with van der Waals surface area (Å²) < 4.78 is 4.85. The van der Waals surface area contributed by atoms with Gasteiger partial charge in [-0.25, -0.2) is 4.79 Å². The molecule has 0 aliphatic heterocycles. The summed E-state index contributed by atoms with van der Waals surface area (Å²) in [7, 11) is 3.13. The van der Waals surface area contributed by atoms with Crippen LogP contribution in [0.4, 0.5) is 0 Å². The molecular weight excluding hydrogens is 226 g/mol. The number of carbonyl (C=O) groups is 1. The lowest BCUT2D eigenvalue weighted by Crippen LogP contribution is -2.47. The molecule has 4 heteroatoms. The quantitative estimate of drug-likeness (QED) is 0.823. The lowest BCUT2D eigenvalue weighted by atomic mass is 9.87. The predicted molar refractivity (Wildman–Crippen MR) is 64.5 cm³/mol. The van der Waals surface area contributed by atoms with Crippen LogP contribution in [0.1, 0.15) is 18.9 Å². The van der Waals surface area contributed by atoms with Crippen molar-refractivity contribution in [2.45, 2.75) is 18.9 Å². The molecule has 1 aromatic carbocycles. The third-order valence-corrected chi connectivity index (χ3v) is 3.08. The normalized spacial score (nSPS) is 14.2. The van der Waals surface area contributed by atoms with Gasteiger partial charge in [-0.3, -0.25) is 0 Å². The number of halogens is 1. The van der Waals surface area contributed by atoms with Crippen molar-refractivity contribution < 1.29 is 9.53 Å². The summed E-state index contributed by atoms with van der Waals surface area (Å²) in [6, 6.07) is 7.20. The molecule has 1 atom stereocenters. The van der Waals surface area contributed by atoms with E-state index in [1.807, 2.05) is 19.1 Å². The first-order valence-electron chi connectivity index (χ1n) is 5.14. The zero-order valence-electron chi connectivity index (χ0n) is 9.71. The first kappa shape index (κ1) is 13.0. The highest BCUT2D eigenvalue weighted by molar-refractivity contribution is 6.30. The molecule has 0 aliphatic rings. The molecule has 0 fully saturated rings. The van der Waals surface area contributed by atoms with Crippen LogP contribution in [-0.4, -0.2) is 20.1 Å². The van der Waals surface area contributed by atoms with Gasteiger partial charge in [0.05, 0.1) is 7.11 Å². The predicted octanol–water partition coefficient (Wildman–Crippen LogP) is 2.34. The summed E-state index contributed by atoms with van der Waals surface area (Å²) in [5, 5.41) is 3.68. The number of rotatable bonds is 4. The maximum absolute atomic E-state index is 11.9. The van der Waals surface area contributed by atoms with Crippen LogP contribution < -0.4 is 5.32 Å². The average Bonchev–Trinajstić information content (AvgIpc) is 2.33. The number of nitrogens with one attached hydrogen (secondary N) is 1. The fourth-order valence-electron chi connectivity index (χ4n) is 1.80. The van der Waals surface area contributed by atoms with Gasteiger partial charge in [0.1, 0.15) is 5.54 Å². The van der Waals surface area contributed by atoms with E-state index in [9.17, 15) is 4.79 Å². The Morgan fingerprint density at radius 3 is 2.38 bits per heavy atom. The molecule has 3 nitrogen and oxygen atoms in total. The summed E-state index contributed by atoms with van der Waals surface area (Å²) in [5.74, 6) is -0.292. The van der Waals surface area contributed by atoms with Crippen LogP contribution in [0.5, 0.6) is 0 Å². The molecule has 88 valence electrons. The van der Waals surface area contributed by atoms with Gasteiger partial charge in [0, 0.05) is 5.02 Å². The molecule has 0 aliphatic carbocycles. The Bertz CT molecular complexity index is 358. The standard InChI is InChI=1S/C12H16ClNO2/c1-4-12(14-2,11(15)16-3)9-5-7-10(13)8-6-9/h5-8,14H,4H2,1-3H3. The van der Waals surface area contributed by atoms with Crippen LogP contribution in [0.15, 0.2) is 24.3 Å². The number of benzene rings is 1. The minimum absolute atomic E-state index is 0.292. The van der Waals surface area contributed by atoms with E-state index in [-0.39, 0.29) is 5.97 Å². The van der Waals surface area contributed by atoms with Crippen molar-refractivity contribution in [3.63, 3.8) is 0 Å². The largest absolute Gasteiger partial charge is 0.467 e. The molecule has 0 saturated heterocycles. The van der Waals surface area contributed by atoms with Gasteiger partial charge in [-0.05, 0) is 31.2 Å². The Labute approximate surface area is 101 Å². The fraction of sp³-hybridized carbons (Fsp3) is 0.417. The van der Waals surface area contributed by atoms with Gasteiger partial charge in [0.2, 0.25) is 0 Å². The summed E-state index contributed by atoms with van der Waals surface area (Å²) in [4.78, 5) is 11.9. The SMILES string of the molecule is CCC(NC)(C(=O)OC)c1ccc(Cl)cc1. The Kier molecular flexibility index (Phi) is 4.33. The number of ether oxygens (including phenoxy) is 1. The van der Waals surface area contributed by atoms with Gasteiger partial charge < -0.3 is 10.1 Å². The molecule has 0 aromatic heterocycles. The van der Waals surface area contributed by atoms with Crippen molar-refractivity contribution in [3.8, 4) is 0 Å². The molecular formula is C12H16ClNO2. The third-order valence-electron chi connectivity index (χ3n) is 2.83. The molecule has 0 spiro atoms. The number of methoxy groups -OCH3 is 1. The average molecular weight is 242 g/mol. The van der Waals surface area contributed by atoms with Gasteiger partial charge in [-0.2, -0.15) is 0 Å².